The molecule has 0 atom stereocenters. The molecule has 0 spiro atoms. The van der Waals surface area contributed by atoms with Crippen LogP contribution in [0.25, 0.3) is 66.1 Å². The summed E-state index contributed by atoms with van der Waals surface area (Å²) >= 11 is 10.4. The van der Waals surface area contributed by atoms with E-state index in [1.165, 1.54) is 28.0 Å². The van der Waals surface area contributed by atoms with Crippen molar-refractivity contribution in [3.8, 4) is 50.6 Å². The Morgan fingerprint density at radius 3 is 1.05 bits per heavy atom. The van der Waals surface area contributed by atoms with Crippen molar-refractivity contribution in [3.63, 3.8) is 0 Å². The van der Waals surface area contributed by atoms with Gasteiger partial charge in [0.25, 0.3) is 0 Å². The molecule has 86 heavy (non-hydrogen) atoms. The van der Waals surface area contributed by atoms with Gasteiger partial charge < -0.3 is 52.5 Å². The van der Waals surface area contributed by atoms with Crippen molar-refractivity contribution in [1.82, 2.24) is 28.8 Å². The number of amides is 2. The molecule has 19 heteroatoms. The summed E-state index contributed by atoms with van der Waals surface area (Å²) in [5.41, 5.74) is 6.28. The number of fused-ring (bicyclic) bond motifs is 3. The van der Waals surface area contributed by atoms with E-state index in [0.29, 0.717) is 79.7 Å². The van der Waals surface area contributed by atoms with E-state index in [-0.39, 0.29) is 29.6 Å². The molecular formula is C67H76Br3F3N6O7. The minimum Gasteiger partial charge on any atom is -0.493 e. The van der Waals surface area contributed by atoms with Gasteiger partial charge in [-0.2, -0.15) is 0 Å². The van der Waals surface area contributed by atoms with Gasteiger partial charge in [-0.3, -0.25) is 0 Å². The Morgan fingerprint density at radius 1 is 0.465 bits per heavy atom. The second-order valence-corrected chi connectivity index (χ2v) is 25.6. The summed E-state index contributed by atoms with van der Waals surface area (Å²) in [4.78, 5) is 26.9. The van der Waals surface area contributed by atoms with E-state index in [9.17, 15) is 22.8 Å². The molecule has 0 radical (unpaired) electrons. The molecule has 0 aliphatic heterocycles. The van der Waals surface area contributed by atoms with Crippen LogP contribution in [0.15, 0.2) is 141 Å². The highest BCUT2D eigenvalue weighted by Gasteiger charge is 2.22. The number of hydrogen-bond donors (Lipinski definition) is 1. The first-order valence-corrected chi connectivity index (χ1v) is 30.6. The molecule has 3 heterocycles. The molecule has 0 aliphatic carbocycles. The molecule has 0 saturated heterocycles. The molecule has 0 fully saturated rings. The highest BCUT2D eigenvalue weighted by molar-refractivity contribution is 9.11. The van der Waals surface area contributed by atoms with E-state index in [4.69, 9.17) is 23.7 Å². The fourth-order valence-corrected chi connectivity index (χ4v) is 10.5. The average Bonchev–Trinajstić information content (AvgIpc) is 1.72. The Labute approximate surface area is 527 Å². The van der Waals surface area contributed by atoms with Gasteiger partial charge in [0.2, 0.25) is 0 Å². The number of hydrogen-bond acceptors (Lipinski definition) is 8. The van der Waals surface area contributed by atoms with E-state index in [1.807, 2.05) is 163 Å². The molecule has 9 rings (SSSR count). The van der Waals surface area contributed by atoms with Crippen LogP contribution in [0, 0.1) is 17.5 Å². The molecule has 0 bridgehead atoms. The van der Waals surface area contributed by atoms with Crippen LogP contribution in [0.4, 0.5) is 22.8 Å². The third-order valence-corrected chi connectivity index (χ3v) is 15.1. The molecule has 458 valence electrons. The van der Waals surface area contributed by atoms with Crippen LogP contribution in [0.2, 0.25) is 0 Å². The lowest BCUT2D eigenvalue weighted by atomic mass is 10.0. The van der Waals surface area contributed by atoms with Crippen molar-refractivity contribution in [2.75, 3.05) is 60.6 Å². The van der Waals surface area contributed by atoms with Crippen LogP contribution in [0.5, 0.6) is 17.2 Å². The summed E-state index contributed by atoms with van der Waals surface area (Å²) in [7, 11) is 11.1. The molecule has 0 unspecified atom stereocenters. The van der Waals surface area contributed by atoms with Gasteiger partial charge >= 0.3 is 12.2 Å². The van der Waals surface area contributed by atoms with E-state index in [0.717, 1.165) is 75.8 Å². The number of carbonyl (C=O) groups excluding carboxylic acids is 2. The number of aromatic nitrogens is 3. The largest absolute Gasteiger partial charge is 0.493 e. The van der Waals surface area contributed by atoms with Crippen LogP contribution >= 0.6 is 47.8 Å². The molecule has 1 N–H and O–H groups in total. The van der Waals surface area contributed by atoms with Crippen LogP contribution in [-0.4, -0.2) is 107 Å². The molecule has 3 aromatic heterocycles. The molecule has 0 aliphatic rings. The van der Waals surface area contributed by atoms with Crippen molar-refractivity contribution in [1.29, 1.82) is 0 Å². The minimum absolute atomic E-state index is 0.267. The van der Waals surface area contributed by atoms with Gasteiger partial charge in [-0.1, -0.05) is 66.0 Å². The monoisotopic (exact) mass is 1370 g/mol. The minimum atomic E-state index is -0.526. The number of ether oxygens (including phenoxy) is 5. The second kappa shape index (κ2) is 29.6. The molecule has 9 aromatic rings. The van der Waals surface area contributed by atoms with Gasteiger partial charge in [-0.15, -0.1) is 0 Å². The second-order valence-electron chi connectivity index (χ2n) is 22.9. The summed E-state index contributed by atoms with van der Waals surface area (Å²) in [5, 5.41) is 6.07. The maximum absolute atomic E-state index is 14.9. The third-order valence-electron chi connectivity index (χ3n) is 13.6. The summed E-state index contributed by atoms with van der Waals surface area (Å²) < 4.78 is 80.9. The smallest absolute Gasteiger partial charge is 0.410 e. The van der Waals surface area contributed by atoms with Crippen molar-refractivity contribution in [2.45, 2.75) is 72.0 Å². The number of benzene rings is 6. The summed E-state index contributed by atoms with van der Waals surface area (Å²) in [6.45, 7) is 14.1. The first-order valence-electron chi connectivity index (χ1n) is 28.2. The predicted molar refractivity (Wildman–Crippen MR) is 350 cm³/mol. The highest BCUT2D eigenvalue weighted by Crippen LogP contribution is 2.38. The quantitative estimate of drug-likeness (QED) is 0.0845. The van der Waals surface area contributed by atoms with E-state index < -0.39 is 11.2 Å². The van der Waals surface area contributed by atoms with Gasteiger partial charge in [0.15, 0.2) is 0 Å². The summed E-state index contributed by atoms with van der Waals surface area (Å²) in [6.07, 6.45) is 7.19. The van der Waals surface area contributed by atoms with E-state index >= 15 is 0 Å². The van der Waals surface area contributed by atoms with Gasteiger partial charge in [-0.05, 0) is 147 Å². The Morgan fingerprint density at radius 2 is 0.767 bits per heavy atom. The zero-order valence-corrected chi connectivity index (χ0v) is 55.6. The first-order chi connectivity index (χ1) is 40.7. The lowest BCUT2D eigenvalue weighted by Gasteiger charge is -2.24. The zero-order valence-electron chi connectivity index (χ0n) is 50.8. The normalized spacial score (nSPS) is 11.5. The predicted octanol–water partition coefficient (Wildman–Crippen LogP) is 17.5. The fourth-order valence-electron chi connectivity index (χ4n) is 9.41. The highest BCUT2D eigenvalue weighted by atomic mass is 79.9. The Kier molecular flexibility index (Phi) is 23.0. The molecular weight excluding hydrogens is 1300 g/mol. The van der Waals surface area contributed by atoms with Crippen molar-refractivity contribution in [3.05, 3.63) is 159 Å². The van der Waals surface area contributed by atoms with Gasteiger partial charge in [-0.25, -0.2) is 22.8 Å². The molecule has 6 aromatic carbocycles. The first kappa shape index (κ1) is 66.6. The van der Waals surface area contributed by atoms with E-state index in [1.54, 1.807) is 44.4 Å². The SMILES string of the molecule is CN(CCCOc1ccc(-c2cn(C)c3cc(Br)ccc23)c(F)c1)C(=O)OC(C)(C)C.CN(CCCOc1ccc(-c2cn(C)c3cc(Br)ccc23)c(F)c1)C(=O)OC(C)(C)C.CNCCCOc1ccc(-c2cn(C)c3cc(Br)ccc23)c(F)c1. The Hall–Kier alpha value is -6.93. The number of carbonyl (C=O) groups is 2. The maximum Gasteiger partial charge on any atom is 0.410 e. The van der Waals surface area contributed by atoms with Gasteiger partial charge in [0.05, 0.1) is 19.8 Å². The summed E-state index contributed by atoms with van der Waals surface area (Å²) in [6, 6.07) is 32.9. The standard InChI is InChI=1S/2C24H28BrFN2O3.C19H20BrFN2O/c2*1-24(2,3)31-23(29)27(4)11-6-12-30-17-8-10-18(21(26)14-17)20-15-28(5)22-13-16(25)7-9-19(20)22;1-22-8-3-9-24-14-5-7-15(18(21)11-14)17-12-23(2)19-10-13(20)4-6-16(17)19/h2*7-10,13-15H,6,11-12H2,1-5H3;4-7,10-12,22H,3,8-9H2,1-2H3. The lowest BCUT2D eigenvalue weighted by Crippen LogP contribution is -2.35. The number of nitrogens with zero attached hydrogens (tertiary/aromatic N) is 5. The van der Waals surface area contributed by atoms with Crippen LogP contribution in [-0.2, 0) is 30.6 Å². The van der Waals surface area contributed by atoms with E-state index in [2.05, 4.69) is 53.1 Å². The van der Waals surface area contributed by atoms with Gasteiger partial charge in [0.1, 0.15) is 45.9 Å². The Balaban J connectivity index is 0.000000186. The topological polar surface area (TPSA) is 114 Å². The maximum atomic E-state index is 14.9. The van der Waals surface area contributed by atoms with Gasteiger partial charge in [0, 0.05) is 165 Å². The molecule has 2 amide bonds. The van der Waals surface area contributed by atoms with Crippen molar-refractivity contribution in [2.24, 2.45) is 21.1 Å². The number of aryl methyl sites for hydroxylation is 3. The average molecular weight is 1370 g/mol. The third kappa shape index (κ3) is 18.1. The molecule has 13 nitrogen and oxygen atoms in total. The summed E-state index contributed by atoms with van der Waals surface area (Å²) in [5.74, 6) is 0.553. The number of nitrogens with one attached hydrogen (secondary N) is 1. The number of halogens is 6. The van der Waals surface area contributed by atoms with Crippen LogP contribution in [0.3, 0.4) is 0 Å². The lowest BCUT2D eigenvalue weighted by molar-refractivity contribution is 0.0281. The Bertz CT molecular complexity index is 3640. The zero-order chi connectivity index (χ0) is 62.6. The van der Waals surface area contributed by atoms with Crippen molar-refractivity contribution >= 4 is 92.7 Å². The van der Waals surface area contributed by atoms with Crippen LogP contribution < -0.4 is 19.5 Å². The molecule has 0 saturated carbocycles. The number of rotatable bonds is 18. The fraction of sp³-hybridized carbons (Fsp3) is 0.343. The van der Waals surface area contributed by atoms with Crippen LogP contribution in [0.1, 0.15) is 60.8 Å². The van der Waals surface area contributed by atoms with Crippen molar-refractivity contribution < 1.29 is 46.4 Å².